The predicted molar refractivity (Wildman–Crippen MR) is 77.5 cm³/mol. The van der Waals surface area contributed by atoms with Crippen LogP contribution in [0.3, 0.4) is 0 Å². The average Bonchev–Trinajstić information content (AvgIpc) is 2.91. The van der Waals surface area contributed by atoms with Crippen LogP contribution in [0, 0.1) is 10.1 Å². The van der Waals surface area contributed by atoms with E-state index in [9.17, 15) is 10.1 Å². The van der Waals surface area contributed by atoms with Gasteiger partial charge in [0.05, 0.1) is 11.3 Å². The molecule has 0 radical (unpaired) electrons. The summed E-state index contributed by atoms with van der Waals surface area (Å²) in [6, 6.07) is 4.91. The quantitative estimate of drug-likeness (QED) is 0.349. The summed E-state index contributed by atoms with van der Waals surface area (Å²) in [6.45, 7) is 1.56. The summed E-state index contributed by atoms with van der Waals surface area (Å²) in [5, 5.41) is 14.0. The highest BCUT2D eigenvalue weighted by molar-refractivity contribution is 5.74. The SMILES string of the molecule is Nc1cccc(NCCCCn2ccnc2)c1[N+](=O)[O-]. The van der Waals surface area contributed by atoms with Crippen molar-refractivity contribution in [3.8, 4) is 0 Å². The lowest BCUT2D eigenvalue weighted by Crippen LogP contribution is -2.07. The molecule has 20 heavy (non-hydrogen) atoms. The maximum Gasteiger partial charge on any atom is 0.314 e. The van der Waals surface area contributed by atoms with Gasteiger partial charge in [0.25, 0.3) is 0 Å². The molecule has 2 aromatic rings. The number of aryl methyl sites for hydroxylation is 1. The summed E-state index contributed by atoms with van der Waals surface area (Å²) in [5.74, 6) is 0. The Morgan fingerprint density at radius 1 is 1.40 bits per heavy atom. The maximum absolute atomic E-state index is 11.0. The van der Waals surface area contributed by atoms with Gasteiger partial charge in [0.15, 0.2) is 0 Å². The summed E-state index contributed by atoms with van der Waals surface area (Å²) in [7, 11) is 0. The summed E-state index contributed by atoms with van der Waals surface area (Å²) >= 11 is 0. The summed E-state index contributed by atoms with van der Waals surface area (Å²) in [6.07, 6.45) is 7.31. The van der Waals surface area contributed by atoms with Gasteiger partial charge in [0.2, 0.25) is 0 Å². The number of imidazole rings is 1. The van der Waals surface area contributed by atoms with Crippen LogP contribution in [-0.2, 0) is 6.54 Å². The molecule has 7 heteroatoms. The minimum absolute atomic E-state index is 0.0536. The first-order chi connectivity index (χ1) is 9.68. The van der Waals surface area contributed by atoms with E-state index in [0.29, 0.717) is 12.2 Å². The van der Waals surface area contributed by atoms with Crippen LogP contribution in [0.4, 0.5) is 17.1 Å². The molecule has 106 valence electrons. The lowest BCUT2D eigenvalue weighted by molar-refractivity contribution is -0.383. The molecule has 1 aromatic carbocycles. The van der Waals surface area contributed by atoms with Crippen molar-refractivity contribution in [2.75, 3.05) is 17.6 Å². The predicted octanol–water partition coefficient (Wildman–Crippen LogP) is 2.27. The van der Waals surface area contributed by atoms with Crippen molar-refractivity contribution in [1.82, 2.24) is 9.55 Å². The van der Waals surface area contributed by atoms with Crippen molar-refractivity contribution in [3.63, 3.8) is 0 Å². The van der Waals surface area contributed by atoms with Gasteiger partial charge in [-0.3, -0.25) is 10.1 Å². The Balaban J connectivity index is 1.82. The molecular weight excluding hydrogens is 258 g/mol. The van der Waals surface area contributed by atoms with Crippen LogP contribution in [-0.4, -0.2) is 21.0 Å². The topological polar surface area (TPSA) is 99.0 Å². The summed E-state index contributed by atoms with van der Waals surface area (Å²) < 4.78 is 2.00. The molecule has 0 atom stereocenters. The summed E-state index contributed by atoms with van der Waals surface area (Å²) in [4.78, 5) is 14.5. The van der Waals surface area contributed by atoms with E-state index in [1.54, 1.807) is 24.7 Å². The van der Waals surface area contributed by atoms with Crippen molar-refractivity contribution < 1.29 is 4.92 Å². The first kappa shape index (κ1) is 13.9. The van der Waals surface area contributed by atoms with Crippen LogP contribution in [0.1, 0.15) is 12.8 Å². The molecule has 1 aromatic heterocycles. The number of nitro groups is 1. The number of rotatable bonds is 7. The van der Waals surface area contributed by atoms with E-state index in [1.807, 2.05) is 10.8 Å². The number of hydrogen-bond acceptors (Lipinski definition) is 5. The van der Waals surface area contributed by atoms with E-state index in [4.69, 9.17) is 5.73 Å². The molecule has 0 saturated heterocycles. The molecule has 3 N–H and O–H groups in total. The number of nitrogen functional groups attached to an aromatic ring is 1. The third-order valence-corrected chi connectivity index (χ3v) is 2.97. The van der Waals surface area contributed by atoms with Gasteiger partial charge in [-0.25, -0.2) is 4.98 Å². The first-order valence-corrected chi connectivity index (χ1v) is 6.41. The van der Waals surface area contributed by atoms with Gasteiger partial charge < -0.3 is 15.6 Å². The number of hydrogen-bond donors (Lipinski definition) is 2. The van der Waals surface area contributed by atoms with Crippen LogP contribution >= 0.6 is 0 Å². The molecule has 0 amide bonds. The van der Waals surface area contributed by atoms with Gasteiger partial charge in [-0.1, -0.05) is 6.07 Å². The summed E-state index contributed by atoms with van der Waals surface area (Å²) in [5.41, 5.74) is 6.22. The highest BCUT2D eigenvalue weighted by atomic mass is 16.6. The molecule has 0 fully saturated rings. The third-order valence-electron chi connectivity index (χ3n) is 2.97. The van der Waals surface area contributed by atoms with Crippen molar-refractivity contribution in [1.29, 1.82) is 0 Å². The van der Waals surface area contributed by atoms with Crippen molar-refractivity contribution >= 4 is 17.1 Å². The smallest absolute Gasteiger partial charge is 0.314 e. The molecule has 0 bridgehead atoms. The number of nitrogens with one attached hydrogen (secondary N) is 1. The second-order valence-electron chi connectivity index (χ2n) is 4.43. The zero-order chi connectivity index (χ0) is 14.4. The Hall–Kier alpha value is -2.57. The number of para-hydroxylation sites is 1. The molecule has 1 heterocycles. The van der Waals surface area contributed by atoms with E-state index in [-0.39, 0.29) is 11.4 Å². The van der Waals surface area contributed by atoms with E-state index >= 15 is 0 Å². The zero-order valence-electron chi connectivity index (χ0n) is 11.0. The minimum atomic E-state index is -0.455. The van der Waals surface area contributed by atoms with Crippen molar-refractivity contribution in [2.45, 2.75) is 19.4 Å². The Labute approximate surface area is 116 Å². The highest BCUT2D eigenvalue weighted by Crippen LogP contribution is 2.30. The number of unbranched alkanes of at least 4 members (excludes halogenated alkanes) is 1. The van der Waals surface area contributed by atoms with Crippen LogP contribution in [0.2, 0.25) is 0 Å². The number of nitrogens with zero attached hydrogens (tertiary/aromatic N) is 3. The number of aromatic nitrogens is 2. The fourth-order valence-electron chi connectivity index (χ4n) is 1.97. The van der Waals surface area contributed by atoms with Crippen LogP contribution in [0.15, 0.2) is 36.9 Å². The van der Waals surface area contributed by atoms with E-state index in [2.05, 4.69) is 10.3 Å². The lowest BCUT2D eigenvalue weighted by Gasteiger charge is -2.08. The maximum atomic E-state index is 11.0. The second-order valence-corrected chi connectivity index (χ2v) is 4.43. The fourth-order valence-corrected chi connectivity index (χ4v) is 1.97. The van der Waals surface area contributed by atoms with Gasteiger partial charge in [-0.05, 0) is 25.0 Å². The second kappa shape index (κ2) is 6.55. The minimum Gasteiger partial charge on any atom is -0.393 e. The average molecular weight is 275 g/mol. The van der Waals surface area contributed by atoms with Gasteiger partial charge >= 0.3 is 5.69 Å². The van der Waals surface area contributed by atoms with Crippen LogP contribution in [0.5, 0.6) is 0 Å². The standard InChI is InChI=1S/C13H17N5O2/c14-11-4-3-5-12(13(11)18(19)20)16-6-1-2-8-17-9-7-15-10-17/h3-5,7,9-10,16H,1-2,6,8,14H2. The molecule has 2 rings (SSSR count). The van der Waals surface area contributed by atoms with Crippen LogP contribution in [0.25, 0.3) is 0 Å². The lowest BCUT2D eigenvalue weighted by atomic mass is 10.2. The van der Waals surface area contributed by atoms with Gasteiger partial charge in [-0.2, -0.15) is 0 Å². The Kier molecular flexibility index (Phi) is 4.54. The molecule has 0 saturated carbocycles. The molecular formula is C13H17N5O2. The number of nitrogens with two attached hydrogens (primary N) is 1. The Morgan fingerprint density at radius 3 is 2.95 bits per heavy atom. The van der Waals surface area contributed by atoms with Gasteiger partial charge in [0.1, 0.15) is 11.4 Å². The highest BCUT2D eigenvalue weighted by Gasteiger charge is 2.16. The Bertz CT molecular complexity index is 568. The molecule has 0 unspecified atom stereocenters. The molecule has 0 aliphatic carbocycles. The molecule has 0 aliphatic heterocycles. The third kappa shape index (κ3) is 3.47. The Morgan fingerprint density at radius 2 is 2.25 bits per heavy atom. The van der Waals surface area contributed by atoms with Crippen molar-refractivity contribution in [3.05, 3.63) is 47.0 Å². The number of benzene rings is 1. The monoisotopic (exact) mass is 275 g/mol. The van der Waals surface area contributed by atoms with Crippen LogP contribution < -0.4 is 11.1 Å². The largest absolute Gasteiger partial charge is 0.393 e. The number of nitro benzene ring substituents is 1. The first-order valence-electron chi connectivity index (χ1n) is 6.41. The van der Waals surface area contributed by atoms with Gasteiger partial charge in [-0.15, -0.1) is 0 Å². The fraction of sp³-hybridized carbons (Fsp3) is 0.308. The van der Waals surface area contributed by atoms with Crippen molar-refractivity contribution in [2.24, 2.45) is 0 Å². The molecule has 0 aliphatic rings. The van der Waals surface area contributed by atoms with E-state index in [0.717, 1.165) is 19.4 Å². The molecule has 0 spiro atoms. The van der Waals surface area contributed by atoms with Gasteiger partial charge in [0, 0.05) is 25.5 Å². The number of anilines is 2. The van der Waals surface area contributed by atoms with E-state index in [1.165, 1.54) is 6.07 Å². The van der Waals surface area contributed by atoms with E-state index < -0.39 is 4.92 Å². The zero-order valence-corrected chi connectivity index (χ0v) is 11.0. The normalized spacial score (nSPS) is 10.4. The molecule has 7 nitrogen and oxygen atoms in total.